The van der Waals surface area contributed by atoms with Crippen molar-refractivity contribution >= 4 is 17.5 Å². The van der Waals surface area contributed by atoms with Gasteiger partial charge in [0.15, 0.2) is 0 Å². The molecule has 1 aromatic rings. The van der Waals surface area contributed by atoms with Crippen LogP contribution in [-0.4, -0.2) is 16.9 Å². The predicted octanol–water partition coefficient (Wildman–Crippen LogP) is 1.62. The summed E-state index contributed by atoms with van der Waals surface area (Å²) in [5.74, 6) is -0.709. The summed E-state index contributed by atoms with van der Waals surface area (Å²) in [4.78, 5) is 21.5. The summed E-state index contributed by atoms with van der Waals surface area (Å²) in [7, 11) is 0. The van der Waals surface area contributed by atoms with E-state index < -0.39 is 16.9 Å². The number of carbonyl (C=O) groups is 1. The van der Waals surface area contributed by atoms with E-state index in [1.54, 1.807) is 24.3 Å². The molecule has 0 bridgehead atoms. The van der Waals surface area contributed by atoms with Crippen LogP contribution in [0.1, 0.15) is 12.0 Å². The Labute approximate surface area is 103 Å². The molecule has 1 saturated carbocycles. The van der Waals surface area contributed by atoms with Crippen molar-refractivity contribution in [3.05, 3.63) is 45.0 Å². The van der Waals surface area contributed by atoms with Crippen molar-refractivity contribution in [2.75, 3.05) is 0 Å². The molecule has 0 aromatic heterocycles. The maximum absolute atomic E-state index is 11.5. The van der Waals surface area contributed by atoms with Crippen LogP contribution in [0.4, 0.5) is 0 Å². The lowest BCUT2D eigenvalue weighted by atomic mass is 10.2. The minimum atomic E-state index is -0.694. The van der Waals surface area contributed by atoms with E-state index in [1.165, 1.54) is 0 Å². The summed E-state index contributed by atoms with van der Waals surface area (Å²) in [5, 5.41) is 13.7. The first-order valence-electron chi connectivity index (χ1n) is 5.23. The molecule has 0 saturated heterocycles. The number of nitro groups is 1. The molecule has 1 aliphatic carbocycles. The number of nitrogens with zero attached hydrogens (tertiary/aromatic N) is 1. The normalized spacial score (nSPS) is 21.9. The smallest absolute Gasteiger partial charge is 0.230 e. The zero-order valence-electron chi connectivity index (χ0n) is 8.93. The molecule has 5 nitrogen and oxygen atoms in total. The molecule has 0 spiro atoms. The summed E-state index contributed by atoms with van der Waals surface area (Å²) in [6, 6.07) is 6.39. The van der Waals surface area contributed by atoms with Crippen LogP contribution in [0.15, 0.2) is 24.3 Å². The zero-order valence-corrected chi connectivity index (χ0v) is 9.68. The van der Waals surface area contributed by atoms with Crippen molar-refractivity contribution in [2.24, 2.45) is 5.92 Å². The van der Waals surface area contributed by atoms with Crippen LogP contribution in [0.3, 0.4) is 0 Å². The van der Waals surface area contributed by atoms with Gasteiger partial charge in [0.2, 0.25) is 11.9 Å². The van der Waals surface area contributed by atoms with Crippen LogP contribution < -0.4 is 5.32 Å². The molecule has 0 radical (unpaired) electrons. The fourth-order valence-corrected chi connectivity index (χ4v) is 1.74. The van der Waals surface area contributed by atoms with Crippen molar-refractivity contribution in [3.63, 3.8) is 0 Å². The summed E-state index contributed by atoms with van der Waals surface area (Å²) in [6.45, 7) is 0.372. The summed E-state index contributed by atoms with van der Waals surface area (Å²) < 4.78 is 0. The van der Waals surface area contributed by atoms with E-state index in [-0.39, 0.29) is 5.91 Å². The van der Waals surface area contributed by atoms with Crippen molar-refractivity contribution < 1.29 is 9.72 Å². The molecule has 1 N–H and O–H groups in total. The highest BCUT2D eigenvalue weighted by Crippen LogP contribution is 2.33. The number of rotatable bonds is 4. The predicted molar refractivity (Wildman–Crippen MR) is 62.2 cm³/mol. The Hall–Kier alpha value is -1.62. The molecule has 17 heavy (non-hydrogen) atoms. The molecule has 2 atom stereocenters. The fraction of sp³-hybridized carbons (Fsp3) is 0.364. The molecule has 6 heteroatoms. The van der Waals surface area contributed by atoms with Crippen LogP contribution in [-0.2, 0) is 11.3 Å². The summed E-state index contributed by atoms with van der Waals surface area (Å²) in [5.41, 5.74) is 0.918. The van der Waals surface area contributed by atoms with E-state index in [0.29, 0.717) is 18.0 Å². The number of halogens is 1. The summed E-state index contributed by atoms with van der Waals surface area (Å²) >= 11 is 5.73. The number of hydrogen-bond acceptors (Lipinski definition) is 3. The maximum atomic E-state index is 11.5. The van der Waals surface area contributed by atoms with Crippen molar-refractivity contribution in [3.8, 4) is 0 Å². The van der Waals surface area contributed by atoms with Gasteiger partial charge in [0.05, 0.1) is 0 Å². The van der Waals surface area contributed by atoms with Gasteiger partial charge in [0.1, 0.15) is 5.92 Å². The molecule has 1 aliphatic rings. The van der Waals surface area contributed by atoms with Crippen LogP contribution >= 0.6 is 11.6 Å². The monoisotopic (exact) mass is 254 g/mol. The van der Waals surface area contributed by atoms with Gasteiger partial charge in [-0.1, -0.05) is 23.7 Å². The lowest BCUT2D eigenvalue weighted by molar-refractivity contribution is -0.497. The quantitative estimate of drug-likeness (QED) is 0.656. The number of benzene rings is 1. The third-order valence-corrected chi connectivity index (χ3v) is 3.00. The van der Waals surface area contributed by atoms with Crippen LogP contribution in [0.25, 0.3) is 0 Å². The number of amides is 1. The van der Waals surface area contributed by atoms with Gasteiger partial charge >= 0.3 is 0 Å². The minimum Gasteiger partial charge on any atom is -0.352 e. The number of nitrogens with one attached hydrogen (secondary N) is 1. The fourth-order valence-electron chi connectivity index (χ4n) is 1.62. The topological polar surface area (TPSA) is 72.2 Å². The lowest BCUT2D eigenvalue weighted by Crippen LogP contribution is -2.26. The first-order valence-corrected chi connectivity index (χ1v) is 5.61. The van der Waals surface area contributed by atoms with Crippen LogP contribution in [0.5, 0.6) is 0 Å². The third-order valence-electron chi connectivity index (χ3n) is 2.74. The molecule has 90 valence electrons. The molecular formula is C11H11ClN2O3. The third kappa shape index (κ3) is 2.94. The van der Waals surface area contributed by atoms with Crippen LogP contribution in [0.2, 0.25) is 5.02 Å². The number of carbonyl (C=O) groups excluding carboxylic acids is 1. The molecule has 0 heterocycles. The van der Waals surface area contributed by atoms with Gasteiger partial charge in [0.25, 0.3) is 0 Å². The average molecular weight is 255 g/mol. The first-order chi connectivity index (χ1) is 8.08. The highest BCUT2D eigenvalue weighted by molar-refractivity contribution is 6.30. The average Bonchev–Trinajstić information content (AvgIpc) is 3.08. The van der Waals surface area contributed by atoms with E-state index in [2.05, 4.69) is 5.32 Å². The SMILES string of the molecule is O=C(NCc1ccc(Cl)cc1)[C@@H]1C[C@@H]1[N+](=O)[O-]. The molecule has 0 unspecified atom stereocenters. The Bertz CT molecular complexity index is 447. The Balaban J connectivity index is 1.81. The zero-order chi connectivity index (χ0) is 12.4. The Morgan fingerprint density at radius 3 is 2.65 bits per heavy atom. The molecule has 2 rings (SSSR count). The van der Waals surface area contributed by atoms with Crippen molar-refractivity contribution in [1.29, 1.82) is 0 Å². The second-order valence-corrected chi connectivity index (χ2v) is 4.48. The lowest BCUT2D eigenvalue weighted by Gasteiger charge is -2.03. The second kappa shape index (κ2) is 4.71. The van der Waals surface area contributed by atoms with E-state index in [4.69, 9.17) is 11.6 Å². The van der Waals surface area contributed by atoms with Gasteiger partial charge in [-0.05, 0) is 17.7 Å². The van der Waals surface area contributed by atoms with Crippen molar-refractivity contribution in [1.82, 2.24) is 5.32 Å². The molecule has 1 aromatic carbocycles. The Morgan fingerprint density at radius 2 is 2.12 bits per heavy atom. The van der Waals surface area contributed by atoms with Gasteiger partial charge in [-0.3, -0.25) is 14.9 Å². The largest absolute Gasteiger partial charge is 0.352 e. The van der Waals surface area contributed by atoms with E-state index in [9.17, 15) is 14.9 Å². The van der Waals surface area contributed by atoms with E-state index in [1.807, 2.05) is 0 Å². The van der Waals surface area contributed by atoms with Gasteiger partial charge in [-0.15, -0.1) is 0 Å². The highest BCUT2D eigenvalue weighted by Gasteiger charge is 2.53. The maximum Gasteiger partial charge on any atom is 0.230 e. The molecule has 0 aliphatic heterocycles. The van der Waals surface area contributed by atoms with Gasteiger partial charge in [-0.25, -0.2) is 0 Å². The molecule has 1 amide bonds. The number of hydrogen-bond donors (Lipinski definition) is 1. The highest BCUT2D eigenvalue weighted by atomic mass is 35.5. The van der Waals surface area contributed by atoms with Crippen LogP contribution in [0, 0.1) is 16.0 Å². The molecule has 1 fully saturated rings. The van der Waals surface area contributed by atoms with Crippen molar-refractivity contribution in [2.45, 2.75) is 19.0 Å². The van der Waals surface area contributed by atoms with E-state index >= 15 is 0 Å². The van der Waals surface area contributed by atoms with Gasteiger partial charge in [-0.2, -0.15) is 0 Å². The van der Waals surface area contributed by atoms with Gasteiger partial charge < -0.3 is 5.32 Å². The minimum absolute atomic E-state index is 0.248. The Morgan fingerprint density at radius 1 is 1.47 bits per heavy atom. The van der Waals surface area contributed by atoms with E-state index in [0.717, 1.165) is 5.56 Å². The first kappa shape index (κ1) is 11.9. The Kier molecular flexibility index (Phi) is 3.28. The second-order valence-electron chi connectivity index (χ2n) is 4.04. The summed E-state index contributed by atoms with van der Waals surface area (Å²) in [6.07, 6.45) is 0.347. The van der Waals surface area contributed by atoms with Gasteiger partial charge in [0, 0.05) is 22.9 Å². The standard InChI is InChI=1S/C11H11ClN2O3/c12-8-3-1-7(2-4-8)6-13-11(15)9-5-10(9)14(16)17/h1-4,9-10H,5-6H2,(H,13,15)/t9-,10+/m1/s1. The molecular weight excluding hydrogens is 244 g/mol.